The van der Waals surface area contributed by atoms with E-state index in [0.717, 1.165) is 55.4 Å². The minimum atomic E-state index is -0.838. The summed E-state index contributed by atoms with van der Waals surface area (Å²) in [5.41, 5.74) is 3.38. The van der Waals surface area contributed by atoms with Gasteiger partial charge in [0, 0.05) is 76.8 Å². The van der Waals surface area contributed by atoms with Crippen LogP contribution >= 0.6 is 0 Å². The fourth-order valence-corrected chi connectivity index (χ4v) is 9.65. The van der Waals surface area contributed by atoms with E-state index in [4.69, 9.17) is 0 Å². The molecule has 2 saturated heterocycles. The fraction of sp³-hybridized carbons (Fsp3) is 0.396. The maximum absolute atomic E-state index is 15.4. The number of carbonyl (C=O) groups is 3. The van der Waals surface area contributed by atoms with Crippen LogP contribution in [0.2, 0.25) is 0 Å². The van der Waals surface area contributed by atoms with E-state index in [0.29, 0.717) is 66.2 Å². The first-order valence-electron chi connectivity index (χ1n) is 21.6. The van der Waals surface area contributed by atoms with Crippen LogP contribution in [-0.2, 0) is 28.9 Å². The molecule has 11 nitrogen and oxygen atoms in total. The molecular formula is C48H52F3N7O4. The van der Waals surface area contributed by atoms with Gasteiger partial charge in [-0.15, -0.1) is 0 Å². The maximum atomic E-state index is 15.4. The highest BCUT2D eigenvalue weighted by Crippen LogP contribution is 2.43. The molecular weight excluding hydrogens is 796 g/mol. The number of rotatable bonds is 16. The van der Waals surface area contributed by atoms with Gasteiger partial charge in [0.1, 0.15) is 23.0 Å². The molecule has 1 saturated carbocycles. The lowest BCUT2D eigenvalue weighted by atomic mass is 9.93. The number of carbonyl (C=O) groups excluding carboxylic acids is 3. The van der Waals surface area contributed by atoms with E-state index in [2.05, 4.69) is 25.3 Å². The number of piperazine rings is 1. The zero-order chi connectivity index (χ0) is 43.3. The molecule has 3 fully saturated rings. The van der Waals surface area contributed by atoms with Crippen LogP contribution in [0.5, 0.6) is 0 Å². The van der Waals surface area contributed by atoms with E-state index >= 15 is 13.2 Å². The average molecular weight is 848 g/mol. The largest absolute Gasteiger partial charge is 0.357 e. The van der Waals surface area contributed by atoms with E-state index in [1.54, 1.807) is 34.1 Å². The molecule has 2 N–H and O–H groups in total. The van der Waals surface area contributed by atoms with Crippen LogP contribution in [0.25, 0.3) is 21.9 Å². The number of amides is 3. The molecule has 5 aromatic rings. The highest BCUT2D eigenvalue weighted by Gasteiger charge is 2.47. The Morgan fingerprint density at radius 1 is 0.855 bits per heavy atom. The van der Waals surface area contributed by atoms with Crippen molar-refractivity contribution in [2.75, 3.05) is 65.4 Å². The predicted octanol–water partition coefficient (Wildman–Crippen LogP) is 5.45. The Labute approximate surface area is 358 Å². The van der Waals surface area contributed by atoms with Gasteiger partial charge in [-0.2, -0.15) is 5.10 Å². The Morgan fingerprint density at radius 3 is 2.34 bits per heavy atom. The van der Waals surface area contributed by atoms with Crippen LogP contribution in [0.1, 0.15) is 52.5 Å². The molecule has 3 unspecified atom stereocenters. The predicted molar refractivity (Wildman–Crippen MR) is 231 cm³/mol. The van der Waals surface area contributed by atoms with Crippen LogP contribution in [0, 0.1) is 29.3 Å². The third kappa shape index (κ3) is 9.46. The third-order valence-corrected chi connectivity index (χ3v) is 13.1. The second-order valence-electron chi connectivity index (χ2n) is 16.9. The first kappa shape index (κ1) is 42.8. The second kappa shape index (κ2) is 19.0. The molecule has 0 spiro atoms. The number of benzene rings is 4. The smallest absolute Gasteiger partial charge is 0.272 e. The molecule has 62 heavy (non-hydrogen) atoms. The first-order chi connectivity index (χ1) is 30.1. The van der Waals surface area contributed by atoms with Crippen molar-refractivity contribution in [3.05, 3.63) is 135 Å². The van der Waals surface area contributed by atoms with E-state index < -0.39 is 23.1 Å². The molecule has 324 valence electrons. The highest BCUT2D eigenvalue weighted by molar-refractivity contribution is 5.96. The van der Waals surface area contributed by atoms with Gasteiger partial charge in [0.15, 0.2) is 0 Å². The second-order valence-corrected chi connectivity index (χ2v) is 16.9. The number of nitrogens with zero attached hydrogens (tertiary/aromatic N) is 5. The van der Waals surface area contributed by atoms with Crippen molar-refractivity contribution in [2.24, 2.45) is 11.8 Å². The number of nitrogens with one attached hydrogen (secondary N) is 2. The Bertz CT molecular complexity index is 2480. The Kier molecular flexibility index (Phi) is 13.1. The molecule has 8 rings (SSSR count). The third-order valence-electron chi connectivity index (χ3n) is 13.1. The van der Waals surface area contributed by atoms with Crippen molar-refractivity contribution < 1.29 is 27.6 Å². The summed E-state index contributed by atoms with van der Waals surface area (Å²) >= 11 is 0. The van der Waals surface area contributed by atoms with Gasteiger partial charge in [0.2, 0.25) is 12.3 Å². The zero-order valence-electron chi connectivity index (χ0n) is 34.9. The monoisotopic (exact) mass is 847 g/mol. The van der Waals surface area contributed by atoms with E-state index in [1.807, 2.05) is 43.3 Å². The summed E-state index contributed by atoms with van der Waals surface area (Å²) in [6.07, 6.45) is 3.66. The number of aryl methyl sites for hydroxylation is 1. The van der Waals surface area contributed by atoms with Crippen LogP contribution in [0.4, 0.5) is 13.2 Å². The van der Waals surface area contributed by atoms with Gasteiger partial charge in [-0.05, 0) is 89.6 Å². The number of hydrogen-bond donors (Lipinski definition) is 2. The normalized spacial score (nSPS) is 19.0. The summed E-state index contributed by atoms with van der Waals surface area (Å²) in [7, 11) is 0. The Hall–Kier alpha value is -5.86. The summed E-state index contributed by atoms with van der Waals surface area (Å²) in [4.78, 5) is 58.4. The van der Waals surface area contributed by atoms with Crippen molar-refractivity contribution in [3.8, 4) is 11.1 Å². The van der Waals surface area contributed by atoms with Crippen LogP contribution in [0.3, 0.4) is 0 Å². The van der Waals surface area contributed by atoms with Gasteiger partial charge in [-0.25, -0.2) is 18.3 Å². The summed E-state index contributed by atoms with van der Waals surface area (Å²) in [6.45, 7) is 7.32. The van der Waals surface area contributed by atoms with Gasteiger partial charge >= 0.3 is 0 Å². The first-order valence-corrected chi connectivity index (χ1v) is 21.6. The SMILES string of the molecule is CCc1cccc(-c2cc(F)c(C(=O)N3CC4CC3CC4CN3CCN(CC(=O)N(CCNC=O)CCc4cc(Cc5n[nH]c(=O)c6ccccc56)ccc4F)CC3)c(F)c2)c1. The zero-order valence-corrected chi connectivity index (χ0v) is 34.9. The quantitative estimate of drug-likeness (QED) is 0.100. The van der Waals surface area contributed by atoms with Crippen LogP contribution in [-0.4, -0.2) is 120 Å². The molecule has 3 amide bonds. The molecule has 2 aliphatic heterocycles. The summed E-state index contributed by atoms with van der Waals surface area (Å²) in [5, 5.41) is 10.7. The van der Waals surface area contributed by atoms with E-state index in [9.17, 15) is 19.2 Å². The molecule has 14 heteroatoms. The summed E-state index contributed by atoms with van der Waals surface area (Å²) in [6, 6.07) is 22.1. The van der Waals surface area contributed by atoms with Gasteiger partial charge in [0.05, 0.1) is 17.6 Å². The summed E-state index contributed by atoms with van der Waals surface area (Å²) < 4.78 is 46.0. The van der Waals surface area contributed by atoms with Crippen molar-refractivity contribution in [1.82, 2.24) is 35.1 Å². The van der Waals surface area contributed by atoms with Gasteiger partial charge in [-0.1, -0.05) is 61.5 Å². The summed E-state index contributed by atoms with van der Waals surface area (Å²) in [5.74, 6) is -2.11. The lowest BCUT2D eigenvalue weighted by Gasteiger charge is -2.39. The van der Waals surface area contributed by atoms with Gasteiger partial charge in [0.25, 0.3) is 11.5 Å². The minimum Gasteiger partial charge on any atom is -0.357 e. The minimum absolute atomic E-state index is 0.0557. The number of piperidine rings is 1. The Morgan fingerprint density at radius 2 is 1.61 bits per heavy atom. The number of H-pyrrole nitrogens is 1. The number of likely N-dealkylation sites (tertiary alicyclic amines) is 1. The number of halogens is 3. The fourth-order valence-electron chi connectivity index (χ4n) is 9.65. The lowest BCUT2D eigenvalue weighted by molar-refractivity contribution is -0.133. The Balaban J connectivity index is 0.821. The van der Waals surface area contributed by atoms with Crippen molar-refractivity contribution in [3.63, 3.8) is 0 Å². The molecule has 1 aromatic heterocycles. The molecule has 0 radical (unpaired) electrons. The highest BCUT2D eigenvalue weighted by atomic mass is 19.1. The molecule has 3 aliphatic rings. The average Bonchev–Trinajstić information content (AvgIpc) is 3.88. The molecule has 3 atom stereocenters. The van der Waals surface area contributed by atoms with Gasteiger partial charge < -0.3 is 20.0 Å². The van der Waals surface area contributed by atoms with Crippen molar-refractivity contribution in [2.45, 2.75) is 45.1 Å². The van der Waals surface area contributed by atoms with E-state index in [1.165, 1.54) is 18.2 Å². The lowest BCUT2D eigenvalue weighted by Crippen LogP contribution is -2.52. The van der Waals surface area contributed by atoms with Gasteiger partial charge in [-0.3, -0.25) is 24.1 Å². The number of aromatic nitrogens is 2. The maximum Gasteiger partial charge on any atom is 0.272 e. The van der Waals surface area contributed by atoms with Crippen molar-refractivity contribution >= 4 is 29.0 Å². The van der Waals surface area contributed by atoms with Crippen molar-refractivity contribution in [1.29, 1.82) is 0 Å². The van der Waals surface area contributed by atoms with Crippen LogP contribution in [0.15, 0.2) is 83.7 Å². The molecule has 2 bridgehead atoms. The topological polar surface area (TPSA) is 122 Å². The standard InChI is InChI=1S/C48H52F3N7O4/c1-2-31-6-5-7-33(20-31)35-25-42(50)46(43(51)26-35)48(62)58-28-37-24-38(58)23-36(37)27-55-16-18-56(19-17-55)29-45(60)57(15-13-52-30-59)14-12-34-21-32(10-11-41(34)49)22-44-39-8-3-4-9-40(39)47(61)54-53-44/h3-11,20-21,25-26,30,36-38H,2,12-19,22-24,27-29H2,1H3,(H,52,59)(H,54,61). The number of aromatic amines is 1. The molecule has 3 heterocycles. The number of fused-ring (bicyclic) bond motifs is 3. The van der Waals surface area contributed by atoms with Crippen LogP contribution < -0.4 is 10.9 Å². The van der Waals surface area contributed by atoms with E-state index in [-0.39, 0.29) is 61.8 Å². The number of hydrogen-bond acceptors (Lipinski definition) is 7. The molecule has 1 aliphatic carbocycles. The molecule has 4 aromatic carbocycles.